The molecular weight excluding hydrogens is 479 g/mol. The lowest BCUT2D eigenvalue weighted by molar-refractivity contribution is -0.134. The molecule has 158 valence electrons. The molecule has 9 heteroatoms. The first kappa shape index (κ1) is 24.5. The topological polar surface area (TPSA) is 90.9 Å². The van der Waals surface area contributed by atoms with E-state index in [0.717, 1.165) is 25.8 Å². The SMILES string of the molecule is CCNC(=NCC(C)(C)S(C)(=O)=O)NC1CCN(C(=O)C2CCCC2)C1.I. The number of rotatable bonds is 6. The number of hydrogen-bond donors (Lipinski definition) is 2. The fraction of sp³-hybridized carbons (Fsp3) is 0.889. The van der Waals surface area contributed by atoms with Crippen LogP contribution in [-0.2, 0) is 14.6 Å². The summed E-state index contributed by atoms with van der Waals surface area (Å²) in [6.07, 6.45) is 6.51. The summed E-state index contributed by atoms with van der Waals surface area (Å²) in [7, 11) is -3.19. The Morgan fingerprint density at radius 2 is 1.85 bits per heavy atom. The number of guanidine groups is 1. The Balaban J connectivity index is 0.00000364. The van der Waals surface area contributed by atoms with E-state index < -0.39 is 14.6 Å². The lowest BCUT2D eigenvalue weighted by Crippen LogP contribution is -2.46. The normalized spacial score (nSPS) is 21.9. The first-order valence-electron chi connectivity index (χ1n) is 9.67. The molecule has 0 spiro atoms. The summed E-state index contributed by atoms with van der Waals surface area (Å²) < 4.78 is 22.8. The highest BCUT2D eigenvalue weighted by atomic mass is 127. The second kappa shape index (κ2) is 10.3. The molecule has 2 rings (SSSR count). The van der Waals surface area contributed by atoms with Gasteiger partial charge >= 0.3 is 0 Å². The molecule has 7 nitrogen and oxygen atoms in total. The van der Waals surface area contributed by atoms with Gasteiger partial charge in [0.25, 0.3) is 0 Å². The predicted octanol–water partition coefficient (Wildman–Crippen LogP) is 1.77. The van der Waals surface area contributed by atoms with Crippen LogP contribution in [0.1, 0.15) is 52.9 Å². The van der Waals surface area contributed by atoms with Crippen LogP contribution in [0.15, 0.2) is 4.99 Å². The number of nitrogens with zero attached hydrogens (tertiary/aromatic N) is 2. The number of halogens is 1. The largest absolute Gasteiger partial charge is 0.357 e. The molecule has 27 heavy (non-hydrogen) atoms. The van der Waals surface area contributed by atoms with Crippen molar-refractivity contribution in [2.24, 2.45) is 10.9 Å². The molecule has 1 saturated carbocycles. The molecule has 0 bridgehead atoms. The first-order valence-corrected chi connectivity index (χ1v) is 11.6. The Morgan fingerprint density at radius 3 is 2.41 bits per heavy atom. The third-order valence-electron chi connectivity index (χ3n) is 5.51. The van der Waals surface area contributed by atoms with Gasteiger partial charge in [0.15, 0.2) is 15.8 Å². The lowest BCUT2D eigenvalue weighted by atomic mass is 10.1. The number of amides is 1. The number of sulfone groups is 1. The third kappa shape index (κ3) is 6.76. The molecule has 2 aliphatic rings. The summed E-state index contributed by atoms with van der Waals surface area (Å²) in [5, 5.41) is 6.54. The van der Waals surface area contributed by atoms with Gasteiger partial charge in [-0.3, -0.25) is 9.79 Å². The van der Waals surface area contributed by atoms with E-state index in [1.807, 2.05) is 11.8 Å². The molecular formula is C18H35IN4O3S. The zero-order valence-electron chi connectivity index (χ0n) is 17.0. The lowest BCUT2D eigenvalue weighted by Gasteiger charge is -2.23. The third-order valence-corrected chi connectivity index (χ3v) is 7.65. The van der Waals surface area contributed by atoms with Crippen molar-refractivity contribution in [3.63, 3.8) is 0 Å². The van der Waals surface area contributed by atoms with Gasteiger partial charge < -0.3 is 15.5 Å². The molecule has 1 atom stereocenters. The number of aliphatic imine (C=N–C) groups is 1. The van der Waals surface area contributed by atoms with E-state index in [-0.39, 0.29) is 42.5 Å². The fourth-order valence-corrected chi connectivity index (χ4v) is 3.71. The second-order valence-corrected chi connectivity index (χ2v) is 10.8. The van der Waals surface area contributed by atoms with Crippen LogP contribution in [0.2, 0.25) is 0 Å². The van der Waals surface area contributed by atoms with Gasteiger partial charge in [0, 0.05) is 37.8 Å². The molecule has 2 N–H and O–H groups in total. The van der Waals surface area contributed by atoms with E-state index in [9.17, 15) is 13.2 Å². The van der Waals surface area contributed by atoms with E-state index in [4.69, 9.17) is 0 Å². The smallest absolute Gasteiger partial charge is 0.225 e. The Kier molecular flexibility index (Phi) is 9.30. The van der Waals surface area contributed by atoms with Crippen molar-refractivity contribution in [2.45, 2.75) is 63.7 Å². The monoisotopic (exact) mass is 514 g/mol. The predicted molar refractivity (Wildman–Crippen MR) is 120 cm³/mol. The van der Waals surface area contributed by atoms with Crippen molar-refractivity contribution in [3.05, 3.63) is 0 Å². The summed E-state index contributed by atoms with van der Waals surface area (Å²) >= 11 is 0. The average Bonchev–Trinajstić information content (AvgIpc) is 3.23. The van der Waals surface area contributed by atoms with Gasteiger partial charge in [0.05, 0.1) is 11.3 Å². The van der Waals surface area contributed by atoms with Crippen molar-refractivity contribution >= 4 is 45.7 Å². The van der Waals surface area contributed by atoms with E-state index in [1.54, 1.807) is 13.8 Å². The van der Waals surface area contributed by atoms with Crippen molar-refractivity contribution in [3.8, 4) is 0 Å². The maximum atomic E-state index is 12.6. The molecule has 1 saturated heterocycles. The van der Waals surface area contributed by atoms with E-state index >= 15 is 0 Å². The summed E-state index contributed by atoms with van der Waals surface area (Å²) in [4.78, 5) is 19.0. The van der Waals surface area contributed by atoms with E-state index in [0.29, 0.717) is 25.0 Å². The van der Waals surface area contributed by atoms with Crippen LogP contribution in [0.3, 0.4) is 0 Å². The van der Waals surface area contributed by atoms with Crippen LogP contribution in [0, 0.1) is 5.92 Å². The maximum Gasteiger partial charge on any atom is 0.225 e. The first-order chi connectivity index (χ1) is 12.1. The number of nitrogens with one attached hydrogen (secondary N) is 2. The van der Waals surface area contributed by atoms with Crippen LogP contribution >= 0.6 is 24.0 Å². The highest BCUT2D eigenvalue weighted by molar-refractivity contribution is 14.0. The highest BCUT2D eigenvalue weighted by Gasteiger charge is 2.33. The Morgan fingerprint density at radius 1 is 1.22 bits per heavy atom. The van der Waals surface area contributed by atoms with Crippen molar-refractivity contribution in [2.75, 3.05) is 32.4 Å². The molecule has 1 amide bonds. The van der Waals surface area contributed by atoms with Gasteiger partial charge in [-0.25, -0.2) is 8.42 Å². The van der Waals surface area contributed by atoms with Gasteiger partial charge in [0.1, 0.15) is 0 Å². The van der Waals surface area contributed by atoms with Gasteiger partial charge in [-0.15, -0.1) is 24.0 Å². The number of carbonyl (C=O) groups excluding carboxylic acids is 1. The summed E-state index contributed by atoms with van der Waals surface area (Å²) in [5.41, 5.74) is 0. The Bertz CT molecular complexity index is 631. The molecule has 1 unspecified atom stereocenters. The Hall–Kier alpha value is -0.580. The minimum atomic E-state index is -3.19. The van der Waals surface area contributed by atoms with E-state index in [2.05, 4.69) is 15.6 Å². The van der Waals surface area contributed by atoms with Crippen molar-refractivity contribution in [1.82, 2.24) is 15.5 Å². The minimum Gasteiger partial charge on any atom is -0.357 e. The van der Waals surface area contributed by atoms with Crippen LogP contribution in [0.25, 0.3) is 0 Å². The van der Waals surface area contributed by atoms with Crippen LogP contribution in [-0.4, -0.2) is 68.4 Å². The van der Waals surface area contributed by atoms with Gasteiger partial charge in [-0.2, -0.15) is 0 Å². The molecule has 0 aromatic heterocycles. The number of hydrogen-bond acceptors (Lipinski definition) is 4. The average molecular weight is 514 g/mol. The van der Waals surface area contributed by atoms with Crippen molar-refractivity contribution < 1.29 is 13.2 Å². The summed E-state index contributed by atoms with van der Waals surface area (Å²) in [5.74, 6) is 1.13. The minimum absolute atomic E-state index is 0. The van der Waals surface area contributed by atoms with Gasteiger partial charge in [-0.05, 0) is 40.0 Å². The molecule has 0 aromatic rings. The zero-order valence-corrected chi connectivity index (χ0v) is 20.1. The second-order valence-electron chi connectivity index (χ2n) is 8.12. The van der Waals surface area contributed by atoms with Gasteiger partial charge in [0.2, 0.25) is 5.91 Å². The van der Waals surface area contributed by atoms with E-state index in [1.165, 1.54) is 19.1 Å². The molecule has 0 radical (unpaired) electrons. The standard InChI is InChI=1S/C18H34N4O3S.HI/c1-5-19-17(20-13-18(2,3)26(4,24)25)21-15-10-11-22(12-15)16(23)14-8-6-7-9-14;/h14-15H,5-13H2,1-4H3,(H2,19,20,21);1H. The zero-order chi connectivity index (χ0) is 19.4. The maximum absolute atomic E-state index is 12.6. The molecule has 2 fully saturated rings. The highest BCUT2D eigenvalue weighted by Crippen LogP contribution is 2.27. The Labute approximate surface area is 181 Å². The molecule has 0 aromatic carbocycles. The van der Waals surface area contributed by atoms with Crippen molar-refractivity contribution in [1.29, 1.82) is 0 Å². The summed E-state index contributed by atoms with van der Waals surface area (Å²) in [6.45, 7) is 7.71. The molecule has 1 aliphatic carbocycles. The summed E-state index contributed by atoms with van der Waals surface area (Å²) in [6, 6.07) is 0.152. The molecule has 1 heterocycles. The van der Waals surface area contributed by atoms with Crippen LogP contribution in [0.5, 0.6) is 0 Å². The van der Waals surface area contributed by atoms with Crippen LogP contribution in [0.4, 0.5) is 0 Å². The molecule has 1 aliphatic heterocycles. The van der Waals surface area contributed by atoms with Gasteiger partial charge in [-0.1, -0.05) is 12.8 Å². The number of carbonyl (C=O) groups is 1. The van der Waals surface area contributed by atoms with Crippen LogP contribution < -0.4 is 10.6 Å². The quantitative estimate of drug-likeness (QED) is 0.321. The fourth-order valence-electron chi connectivity index (χ4n) is 3.41. The number of likely N-dealkylation sites (tertiary alicyclic amines) is 1.